The molecule has 0 fully saturated rings. The van der Waals surface area contributed by atoms with Gasteiger partial charge < -0.3 is 4.57 Å². The van der Waals surface area contributed by atoms with E-state index in [0.29, 0.717) is 16.6 Å². The van der Waals surface area contributed by atoms with Gasteiger partial charge in [0.15, 0.2) is 0 Å². The zero-order chi connectivity index (χ0) is 13.4. The molecule has 2 aromatic carbocycles. The molecule has 2 nitrogen and oxygen atoms in total. The first-order valence-electron chi connectivity index (χ1n) is 6.01. The van der Waals surface area contributed by atoms with Gasteiger partial charge in [-0.05, 0) is 36.8 Å². The molecule has 0 amide bonds. The highest BCUT2D eigenvalue weighted by Gasteiger charge is 2.09. The fourth-order valence-electron chi connectivity index (χ4n) is 2.22. The summed E-state index contributed by atoms with van der Waals surface area (Å²) in [5.41, 5.74) is 3.16. The number of halogens is 2. The van der Waals surface area contributed by atoms with Crippen molar-refractivity contribution in [3.8, 4) is 0 Å². The van der Waals surface area contributed by atoms with E-state index in [4.69, 9.17) is 23.2 Å². The molecule has 1 aromatic heterocycles. The van der Waals surface area contributed by atoms with Gasteiger partial charge in [0.1, 0.15) is 5.82 Å². The van der Waals surface area contributed by atoms with Crippen LogP contribution in [0.1, 0.15) is 11.4 Å². The number of aromatic nitrogens is 2. The number of hydrogen-bond acceptors (Lipinski definition) is 1. The summed E-state index contributed by atoms with van der Waals surface area (Å²) in [6.45, 7) is 2.70. The third-order valence-electron chi connectivity index (χ3n) is 3.19. The summed E-state index contributed by atoms with van der Waals surface area (Å²) in [6.07, 6.45) is 0. The Morgan fingerprint density at radius 3 is 2.68 bits per heavy atom. The Morgan fingerprint density at radius 1 is 1.11 bits per heavy atom. The number of benzene rings is 2. The van der Waals surface area contributed by atoms with Crippen LogP contribution in [0.25, 0.3) is 11.0 Å². The molecule has 4 heteroatoms. The molecule has 0 radical (unpaired) electrons. The van der Waals surface area contributed by atoms with E-state index < -0.39 is 0 Å². The lowest BCUT2D eigenvalue weighted by Gasteiger charge is -2.09. The van der Waals surface area contributed by atoms with Crippen LogP contribution in [0.5, 0.6) is 0 Å². The van der Waals surface area contributed by atoms with E-state index >= 15 is 0 Å². The summed E-state index contributed by atoms with van der Waals surface area (Å²) in [5.74, 6) is 0.979. The highest BCUT2D eigenvalue weighted by atomic mass is 35.5. The average Bonchev–Trinajstić information content (AvgIpc) is 2.69. The minimum Gasteiger partial charge on any atom is -0.324 e. The first-order chi connectivity index (χ1) is 9.15. The lowest BCUT2D eigenvalue weighted by molar-refractivity contribution is 0.786. The van der Waals surface area contributed by atoms with E-state index in [-0.39, 0.29) is 0 Å². The van der Waals surface area contributed by atoms with Gasteiger partial charge in [-0.3, -0.25) is 0 Å². The normalized spacial score (nSPS) is 11.1. The molecule has 0 aliphatic rings. The third kappa shape index (κ3) is 2.34. The molecular formula is C15H12Cl2N2. The summed E-state index contributed by atoms with van der Waals surface area (Å²) in [7, 11) is 0. The smallest absolute Gasteiger partial charge is 0.107 e. The number of para-hydroxylation sites is 2. The average molecular weight is 291 g/mol. The highest BCUT2D eigenvalue weighted by molar-refractivity contribution is 6.35. The van der Waals surface area contributed by atoms with Gasteiger partial charge in [-0.1, -0.05) is 41.4 Å². The van der Waals surface area contributed by atoms with E-state index in [0.717, 1.165) is 22.4 Å². The van der Waals surface area contributed by atoms with E-state index in [1.54, 1.807) is 6.07 Å². The zero-order valence-electron chi connectivity index (χ0n) is 10.4. The second-order valence-corrected chi connectivity index (χ2v) is 5.31. The highest BCUT2D eigenvalue weighted by Crippen LogP contribution is 2.24. The van der Waals surface area contributed by atoms with Gasteiger partial charge in [0, 0.05) is 10.0 Å². The van der Waals surface area contributed by atoms with Gasteiger partial charge in [0.2, 0.25) is 0 Å². The fraction of sp³-hybridized carbons (Fsp3) is 0.133. The van der Waals surface area contributed by atoms with Crippen LogP contribution in [-0.4, -0.2) is 9.55 Å². The molecule has 0 saturated carbocycles. The van der Waals surface area contributed by atoms with Gasteiger partial charge >= 0.3 is 0 Å². The van der Waals surface area contributed by atoms with Crippen molar-refractivity contribution in [2.45, 2.75) is 13.5 Å². The number of rotatable bonds is 2. The maximum Gasteiger partial charge on any atom is 0.107 e. The SMILES string of the molecule is Cc1nc2ccccc2n1Cc1ccc(Cl)cc1Cl. The van der Waals surface area contributed by atoms with Crippen molar-refractivity contribution in [3.05, 3.63) is 63.9 Å². The molecule has 0 aliphatic carbocycles. The first kappa shape index (κ1) is 12.5. The predicted molar refractivity (Wildman–Crippen MR) is 80.0 cm³/mol. The molecule has 1 heterocycles. The van der Waals surface area contributed by atoms with Crippen molar-refractivity contribution in [3.63, 3.8) is 0 Å². The first-order valence-corrected chi connectivity index (χ1v) is 6.76. The molecule has 0 bridgehead atoms. The molecule has 0 spiro atoms. The van der Waals surface area contributed by atoms with Gasteiger partial charge in [-0.15, -0.1) is 0 Å². The Labute approximate surface area is 121 Å². The summed E-state index contributed by atoms with van der Waals surface area (Å²) in [6, 6.07) is 13.7. The zero-order valence-corrected chi connectivity index (χ0v) is 11.9. The topological polar surface area (TPSA) is 17.8 Å². The maximum atomic E-state index is 6.23. The Hall–Kier alpha value is -1.51. The van der Waals surface area contributed by atoms with Crippen molar-refractivity contribution < 1.29 is 0 Å². The third-order valence-corrected chi connectivity index (χ3v) is 3.78. The van der Waals surface area contributed by atoms with E-state index in [1.165, 1.54) is 0 Å². The Morgan fingerprint density at radius 2 is 1.89 bits per heavy atom. The summed E-state index contributed by atoms with van der Waals surface area (Å²) in [4.78, 5) is 4.55. The number of imidazole rings is 1. The van der Waals surface area contributed by atoms with Crippen LogP contribution >= 0.6 is 23.2 Å². The van der Waals surface area contributed by atoms with Crippen LogP contribution < -0.4 is 0 Å². The quantitative estimate of drug-likeness (QED) is 0.669. The van der Waals surface area contributed by atoms with E-state index in [2.05, 4.69) is 15.6 Å². The molecular weight excluding hydrogens is 279 g/mol. The van der Waals surface area contributed by atoms with Crippen molar-refractivity contribution in [2.75, 3.05) is 0 Å². The van der Waals surface area contributed by atoms with Gasteiger partial charge in [-0.25, -0.2) is 4.98 Å². The second kappa shape index (κ2) is 4.87. The van der Waals surface area contributed by atoms with Crippen LogP contribution in [-0.2, 0) is 6.54 Å². The number of aryl methyl sites for hydroxylation is 1. The lowest BCUT2D eigenvalue weighted by atomic mass is 10.2. The minimum atomic E-state index is 0.654. The van der Waals surface area contributed by atoms with Gasteiger partial charge in [-0.2, -0.15) is 0 Å². The van der Waals surface area contributed by atoms with Crippen LogP contribution in [0.15, 0.2) is 42.5 Å². The summed E-state index contributed by atoms with van der Waals surface area (Å²) in [5, 5.41) is 1.34. The largest absolute Gasteiger partial charge is 0.324 e. The minimum absolute atomic E-state index is 0.654. The molecule has 0 saturated heterocycles. The molecule has 0 atom stereocenters. The Bertz CT molecular complexity index is 747. The van der Waals surface area contributed by atoms with Gasteiger partial charge in [0.05, 0.1) is 17.6 Å². The van der Waals surface area contributed by atoms with Crippen LogP contribution in [0.4, 0.5) is 0 Å². The molecule has 0 aliphatic heterocycles. The lowest BCUT2D eigenvalue weighted by Crippen LogP contribution is -2.02. The molecule has 0 unspecified atom stereocenters. The summed E-state index contributed by atoms with van der Waals surface area (Å²) >= 11 is 12.2. The monoisotopic (exact) mass is 290 g/mol. The van der Waals surface area contributed by atoms with E-state index in [9.17, 15) is 0 Å². The van der Waals surface area contributed by atoms with Crippen LogP contribution in [0.3, 0.4) is 0 Å². The molecule has 96 valence electrons. The van der Waals surface area contributed by atoms with Crippen molar-refractivity contribution in [2.24, 2.45) is 0 Å². The molecule has 3 aromatic rings. The number of fused-ring (bicyclic) bond motifs is 1. The fourth-order valence-corrected chi connectivity index (χ4v) is 2.68. The van der Waals surface area contributed by atoms with E-state index in [1.807, 2.05) is 37.3 Å². The maximum absolute atomic E-state index is 6.23. The molecule has 3 rings (SSSR count). The Kier molecular flexibility index (Phi) is 3.21. The predicted octanol–water partition coefficient (Wildman–Crippen LogP) is 4.70. The Balaban J connectivity index is 2.08. The van der Waals surface area contributed by atoms with Gasteiger partial charge in [0.25, 0.3) is 0 Å². The number of nitrogens with zero attached hydrogens (tertiary/aromatic N) is 2. The molecule has 19 heavy (non-hydrogen) atoms. The van der Waals surface area contributed by atoms with Crippen molar-refractivity contribution in [1.29, 1.82) is 0 Å². The van der Waals surface area contributed by atoms with Crippen molar-refractivity contribution >= 4 is 34.2 Å². The second-order valence-electron chi connectivity index (χ2n) is 4.47. The number of hydrogen-bond donors (Lipinski definition) is 0. The van der Waals surface area contributed by atoms with Crippen LogP contribution in [0.2, 0.25) is 10.0 Å². The molecule has 0 N–H and O–H groups in total. The van der Waals surface area contributed by atoms with Crippen molar-refractivity contribution in [1.82, 2.24) is 9.55 Å². The standard InChI is InChI=1S/C15H12Cl2N2/c1-10-18-14-4-2-3-5-15(14)19(10)9-11-6-7-12(16)8-13(11)17/h2-8H,9H2,1H3. The van der Waals surface area contributed by atoms with Crippen LogP contribution in [0, 0.1) is 6.92 Å². The summed E-state index contributed by atoms with van der Waals surface area (Å²) < 4.78 is 2.16.